The summed E-state index contributed by atoms with van der Waals surface area (Å²) in [6, 6.07) is 6.54. The third-order valence-electron chi connectivity index (χ3n) is 3.01. The molecule has 1 N–H and O–H groups in total. The van der Waals surface area contributed by atoms with Gasteiger partial charge in [-0.25, -0.2) is 9.59 Å². The maximum Gasteiger partial charge on any atom is 0.336 e. The van der Waals surface area contributed by atoms with Crippen LogP contribution in [0.2, 0.25) is 0 Å². The smallest absolute Gasteiger partial charge is 0.336 e. The number of esters is 2. The van der Waals surface area contributed by atoms with Gasteiger partial charge in [0.1, 0.15) is 12.4 Å². The lowest BCUT2D eigenvalue weighted by Gasteiger charge is -2.11. The highest BCUT2D eigenvalue weighted by atomic mass is 16.5. The van der Waals surface area contributed by atoms with Crippen LogP contribution in [0.3, 0.4) is 0 Å². The second kappa shape index (κ2) is 16.5. The predicted molar refractivity (Wildman–Crippen MR) is 109 cm³/mol. The minimum atomic E-state index is -1.04. The Labute approximate surface area is 170 Å². The third kappa shape index (κ3) is 11.6. The van der Waals surface area contributed by atoms with Crippen molar-refractivity contribution >= 4 is 18.2 Å². The SMILES string of the molecule is C.C=C(C(=O)OC)C(O)c1ccncc1.C=CC(=O)OC.O=Cc1ccncc1. The standard InChI is InChI=1S/C10H11NO3.C6H5NO.C4H6O2.CH4/c1-7(10(13)14-2)9(12)8-3-5-11-6-4-8;8-5-6-1-3-7-4-2-6;1-3-4(5)6-2;/h3-6,9,12H,1H2,2H3;1-5H;3H,1H2,2H3;1H4. The van der Waals surface area contributed by atoms with Crippen molar-refractivity contribution in [2.45, 2.75) is 13.5 Å². The Balaban J connectivity index is 0. The largest absolute Gasteiger partial charge is 0.466 e. The molecule has 0 bridgehead atoms. The second-order valence-corrected chi connectivity index (χ2v) is 4.83. The van der Waals surface area contributed by atoms with E-state index in [4.69, 9.17) is 0 Å². The Kier molecular flexibility index (Phi) is 15.7. The van der Waals surface area contributed by atoms with E-state index in [1.165, 1.54) is 26.6 Å². The van der Waals surface area contributed by atoms with Gasteiger partial charge in [0.15, 0.2) is 0 Å². The molecule has 0 aliphatic carbocycles. The number of aromatic nitrogens is 2. The highest BCUT2D eigenvalue weighted by Gasteiger charge is 2.18. The minimum absolute atomic E-state index is 0. The fourth-order valence-electron chi connectivity index (χ4n) is 1.51. The molecule has 2 aromatic heterocycles. The lowest BCUT2D eigenvalue weighted by molar-refractivity contribution is -0.137. The lowest BCUT2D eigenvalue weighted by atomic mass is 10.0. The van der Waals surface area contributed by atoms with Gasteiger partial charge in [-0.05, 0) is 29.8 Å². The minimum Gasteiger partial charge on any atom is -0.466 e. The summed E-state index contributed by atoms with van der Waals surface area (Å²) >= 11 is 0. The fraction of sp³-hybridized carbons (Fsp3) is 0.190. The van der Waals surface area contributed by atoms with Gasteiger partial charge in [0, 0.05) is 36.4 Å². The molecule has 1 unspecified atom stereocenters. The zero-order chi connectivity index (χ0) is 21.4. The molecular weight excluding hydrogens is 376 g/mol. The number of aliphatic hydroxyl groups excluding tert-OH is 1. The molecule has 0 radical (unpaired) electrons. The van der Waals surface area contributed by atoms with Crippen molar-refractivity contribution in [3.8, 4) is 0 Å². The van der Waals surface area contributed by atoms with Crippen LogP contribution < -0.4 is 0 Å². The van der Waals surface area contributed by atoms with Crippen LogP contribution in [0.15, 0.2) is 73.9 Å². The van der Waals surface area contributed by atoms with E-state index in [1.807, 2.05) is 0 Å². The molecule has 0 saturated carbocycles. The molecule has 2 aromatic rings. The molecule has 1 atom stereocenters. The van der Waals surface area contributed by atoms with E-state index >= 15 is 0 Å². The van der Waals surface area contributed by atoms with E-state index < -0.39 is 18.0 Å². The van der Waals surface area contributed by atoms with E-state index in [2.05, 4.69) is 32.6 Å². The second-order valence-electron chi connectivity index (χ2n) is 4.83. The van der Waals surface area contributed by atoms with Gasteiger partial charge >= 0.3 is 11.9 Å². The van der Waals surface area contributed by atoms with E-state index in [0.29, 0.717) is 11.1 Å². The molecular formula is C21H26N2O6. The summed E-state index contributed by atoms with van der Waals surface area (Å²) in [5.74, 6) is -1.01. The topological polar surface area (TPSA) is 116 Å². The first kappa shape index (κ1) is 27.6. The number of rotatable bonds is 5. The van der Waals surface area contributed by atoms with Gasteiger partial charge in [0.2, 0.25) is 0 Å². The average molecular weight is 402 g/mol. The number of carbonyl (C=O) groups is 3. The third-order valence-corrected chi connectivity index (χ3v) is 3.01. The first-order valence-electron chi connectivity index (χ1n) is 7.81. The number of methoxy groups -OCH3 is 2. The van der Waals surface area contributed by atoms with E-state index in [0.717, 1.165) is 12.4 Å². The first-order valence-corrected chi connectivity index (χ1v) is 7.81. The molecule has 8 nitrogen and oxygen atoms in total. The fourth-order valence-corrected chi connectivity index (χ4v) is 1.51. The Hall–Kier alpha value is -3.65. The molecule has 0 aromatic carbocycles. The molecule has 0 aliphatic rings. The number of aldehydes is 1. The monoisotopic (exact) mass is 402 g/mol. The molecule has 0 saturated heterocycles. The van der Waals surface area contributed by atoms with E-state index in [1.54, 1.807) is 36.7 Å². The molecule has 8 heteroatoms. The van der Waals surface area contributed by atoms with Crippen molar-refractivity contribution in [1.29, 1.82) is 0 Å². The number of hydrogen-bond donors (Lipinski definition) is 1. The summed E-state index contributed by atoms with van der Waals surface area (Å²) in [4.78, 5) is 38.4. The van der Waals surface area contributed by atoms with Gasteiger partial charge in [-0.15, -0.1) is 0 Å². The summed E-state index contributed by atoms with van der Waals surface area (Å²) < 4.78 is 8.58. The summed E-state index contributed by atoms with van der Waals surface area (Å²) in [7, 11) is 2.55. The van der Waals surface area contributed by atoms with Crippen LogP contribution in [0, 0.1) is 0 Å². The van der Waals surface area contributed by atoms with Crippen LogP contribution in [0.1, 0.15) is 29.5 Å². The molecule has 0 amide bonds. The van der Waals surface area contributed by atoms with Crippen LogP contribution >= 0.6 is 0 Å². The maximum atomic E-state index is 11.0. The van der Waals surface area contributed by atoms with Crippen molar-refractivity contribution < 1.29 is 29.0 Å². The summed E-state index contributed by atoms with van der Waals surface area (Å²) in [5.41, 5.74) is 1.24. The number of ether oxygens (including phenoxy) is 2. The average Bonchev–Trinajstić information content (AvgIpc) is 2.78. The number of pyridine rings is 2. The molecule has 2 heterocycles. The summed E-state index contributed by atoms with van der Waals surface area (Å²) in [6.45, 7) is 6.61. The maximum absolute atomic E-state index is 11.0. The predicted octanol–water partition coefficient (Wildman–Crippen LogP) is 2.72. The quantitative estimate of drug-likeness (QED) is 0.461. The van der Waals surface area contributed by atoms with Gasteiger partial charge in [-0.3, -0.25) is 14.8 Å². The van der Waals surface area contributed by atoms with E-state index in [-0.39, 0.29) is 13.0 Å². The van der Waals surface area contributed by atoms with Gasteiger partial charge in [-0.2, -0.15) is 0 Å². The van der Waals surface area contributed by atoms with Crippen molar-refractivity contribution in [2.24, 2.45) is 0 Å². The number of aliphatic hydroxyl groups is 1. The van der Waals surface area contributed by atoms with Crippen molar-refractivity contribution in [3.63, 3.8) is 0 Å². The highest BCUT2D eigenvalue weighted by molar-refractivity contribution is 5.88. The van der Waals surface area contributed by atoms with Crippen LogP contribution in [0.5, 0.6) is 0 Å². The Bertz CT molecular complexity index is 763. The Morgan fingerprint density at radius 2 is 1.52 bits per heavy atom. The number of hydrogen-bond acceptors (Lipinski definition) is 8. The lowest BCUT2D eigenvalue weighted by Crippen LogP contribution is -2.11. The van der Waals surface area contributed by atoms with Gasteiger partial charge < -0.3 is 14.6 Å². The van der Waals surface area contributed by atoms with Crippen molar-refractivity contribution in [3.05, 3.63) is 85.0 Å². The van der Waals surface area contributed by atoms with Crippen molar-refractivity contribution in [2.75, 3.05) is 14.2 Å². The van der Waals surface area contributed by atoms with Crippen LogP contribution in [0.4, 0.5) is 0 Å². The molecule has 29 heavy (non-hydrogen) atoms. The number of nitrogens with zero attached hydrogens (tertiary/aromatic N) is 2. The molecule has 2 rings (SSSR count). The molecule has 0 aliphatic heterocycles. The zero-order valence-corrected chi connectivity index (χ0v) is 15.6. The number of carbonyl (C=O) groups excluding carboxylic acids is 3. The van der Waals surface area contributed by atoms with Crippen LogP contribution in [0.25, 0.3) is 0 Å². The zero-order valence-electron chi connectivity index (χ0n) is 15.6. The Morgan fingerprint density at radius 1 is 1.03 bits per heavy atom. The Morgan fingerprint density at radius 3 is 1.83 bits per heavy atom. The first-order chi connectivity index (χ1) is 13.4. The summed E-state index contributed by atoms with van der Waals surface area (Å²) in [5, 5.41) is 9.66. The van der Waals surface area contributed by atoms with Gasteiger partial charge in [0.25, 0.3) is 0 Å². The van der Waals surface area contributed by atoms with Crippen LogP contribution in [-0.2, 0) is 19.1 Å². The van der Waals surface area contributed by atoms with Gasteiger partial charge in [0.05, 0.1) is 19.8 Å². The van der Waals surface area contributed by atoms with E-state index in [9.17, 15) is 19.5 Å². The molecule has 156 valence electrons. The van der Waals surface area contributed by atoms with Crippen LogP contribution in [-0.4, -0.2) is 47.5 Å². The van der Waals surface area contributed by atoms with Gasteiger partial charge in [-0.1, -0.05) is 20.6 Å². The molecule has 0 fully saturated rings. The summed E-state index contributed by atoms with van der Waals surface area (Å²) in [6.07, 6.45) is 7.10. The highest BCUT2D eigenvalue weighted by Crippen LogP contribution is 2.19. The normalized spacial score (nSPS) is 9.48. The van der Waals surface area contributed by atoms with Crippen molar-refractivity contribution in [1.82, 2.24) is 9.97 Å². The molecule has 0 spiro atoms.